The number of allylic oxidation sites excluding steroid dienone is 2. The number of ether oxygens (including phenoxy) is 1. The summed E-state index contributed by atoms with van der Waals surface area (Å²) in [5, 5.41) is 11.3. The molecule has 2 atom stereocenters. The molecule has 1 N–H and O–H groups in total. The fourth-order valence-corrected chi connectivity index (χ4v) is 4.61. The lowest BCUT2D eigenvalue weighted by molar-refractivity contribution is -0.234. The highest BCUT2D eigenvalue weighted by molar-refractivity contribution is 5.72. The van der Waals surface area contributed by atoms with Crippen molar-refractivity contribution in [2.45, 2.75) is 149 Å². The van der Waals surface area contributed by atoms with Gasteiger partial charge in [-0.2, -0.15) is 0 Å². The molecule has 0 bridgehead atoms. The van der Waals surface area contributed by atoms with E-state index in [4.69, 9.17) is 4.74 Å². The van der Waals surface area contributed by atoms with E-state index in [0.717, 1.165) is 19.3 Å². The van der Waals surface area contributed by atoms with Crippen molar-refractivity contribution < 1.29 is 14.6 Å². The molecule has 4 nitrogen and oxygen atoms in total. The number of nitrogens with zero attached hydrogens (tertiary/aromatic N) is 1. The first kappa shape index (κ1) is 33.1. The molecule has 0 aromatic carbocycles. The average molecular weight is 482 g/mol. The van der Waals surface area contributed by atoms with E-state index >= 15 is 0 Å². The summed E-state index contributed by atoms with van der Waals surface area (Å²) in [7, 11) is 3.68. The van der Waals surface area contributed by atoms with Crippen LogP contribution in [0.1, 0.15) is 138 Å². The van der Waals surface area contributed by atoms with Gasteiger partial charge in [-0.05, 0) is 72.4 Å². The Morgan fingerprint density at radius 2 is 1.32 bits per heavy atom. The molecule has 0 rings (SSSR count). The maximum atomic E-state index is 12.7. The predicted molar refractivity (Wildman–Crippen MR) is 147 cm³/mol. The monoisotopic (exact) mass is 481 g/mol. The molecule has 0 fully saturated rings. The molecule has 0 spiro atoms. The van der Waals surface area contributed by atoms with Crippen LogP contribution in [0.25, 0.3) is 0 Å². The largest absolute Gasteiger partial charge is 0.455 e. The van der Waals surface area contributed by atoms with E-state index in [2.05, 4.69) is 32.9 Å². The summed E-state index contributed by atoms with van der Waals surface area (Å²) in [5.74, 6) is -0.0631. The Morgan fingerprint density at radius 1 is 0.853 bits per heavy atom. The Hall–Kier alpha value is -0.870. The lowest BCUT2D eigenvalue weighted by atomic mass is 9.85. The van der Waals surface area contributed by atoms with Crippen LogP contribution >= 0.6 is 0 Å². The van der Waals surface area contributed by atoms with E-state index in [9.17, 15) is 9.90 Å². The number of esters is 1. The Labute approximate surface area is 212 Å². The Balaban J connectivity index is 4.03. The number of likely N-dealkylation sites (N-methyl/N-ethyl adjacent to an activating group) is 1. The number of unbranched alkanes of at least 4 members (excludes halogenated alkanes) is 11. The summed E-state index contributed by atoms with van der Waals surface area (Å²) in [5.41, 5.74) is -2.17. The standard InChI is InChI=1S/C30H59NO3/c1-9-10-11-12-13-14-15-16-17-18-19-20-21-22-23-24-27(4)28(32)34-29(5,6)30(33,31(7)8)25-26(2)3/h17-18,26-27,33H,9-16,19-25H2,1-8H3. The van der Waals surface area contributed by atoms with Gasteiger partial charge in [0.25, 0.3) is 0 Å². The Morgan fingerprint density at radius 3 is 1.79 bits per heavy atom. The fourth-order valence-electron chi connectivity index (χ4n) is 4.61. The molecule has 0 saturated heterocycles. The van der Waals surface area contributed by atoms with Gasteiger partial charge in [0.2, 0.25) is 0 Å². The van der Waals surface area contributed by atoms with E-state index in [1.54, 1.807) is 4.90 Å². The van der Waals surface area contributed by atoms with Crippen LogP contribution in [-0.4, -0.2) is 41.4 Å². The fraction of sp³-hybridized carbons (Fsp3) is 0.900. The van der Waals surface area contributed by atoms with Gasteiger partial charge < -0.3 is 9.84 Å². The molecule has 0 radical (unpaired) electrons. The number of rotatable bonds is 21. The Bertz CT molecular complexity index is 541. The highest BCUT2D eigenvalue weighted by Gasteiger charge is 2.49. The molecule has 0 saturated carbocycles. The lowest BCUT2D eigenvalue weighted by Crippen LogP contribution is -2.62. The predicted octanol–water partition coefficient (Wildman–Crippen LogP) is 8.28. The van der Waals surface area contributed by atoms with Crippen molar-refractivity contribution in [3.05, 3.63) is 12.2 Å². The molecule has 0 aliphatic rings. The van der Waals surface area contributed by atoms with Crippen LogP contribution in [0.2, 0.25) is 0 Å². The molecule has 0 aliphatic carbocycles. The highest BCUT2D eigenvalue weighted by Crippen LogP contribution is 2.34. The van der Waals surface area contributed by atoms with Crippen molar-refractivity contribution in [2.24, 2.45) is 11.8 Å². The van der Waals surface area contributed by atoms with Crippen LogP contribution < -0.4 is 0 Å². The molecule has 34 heavy (non-hydrogen) atoms. The molecule has 0 aliphatic heterocycles. The molecule has 0 amide bonds. The third-order valence-electron chi connectivity index (χ3n) is 7.05. The molecule has 0 aromatic heterocycles. The van der Waals surface area contributed by atoms with Gasteiger partial charge in [-0.25, -0.2) is 0 Å². The zero-order chi connectivity index (χ0) is 26.0. The van der Waals surface area contributed by atoms with Gasteiger partial charge in [-0.3, -0.25) is 9.69 Å². The van der Waals surface area contributed by atoms with Gasteiger partial charge >= 0.3 is 5.97 Å². The topological polar surface area (TPSA) is 49.8 Å². The molecule has 0 heterocycles. The van der Waals surface area contributed by atoms with Gasteiger partial charge in [0.05, 0.1) is 5.92 Å². The van der Waals surface area contributed by atoms with Gasteiger partial charge in [0.1, 0.15) is 5.60 Å². The van der Waals surface area contributed by atoms with E-state index in [1.165, 1.54) is 70.6 Å². The van der Waals surface area contributed by atoms with Crippen molar-refractivity contribution in [3.63, 3.8) is 0 Å². The van der Waals surface area contributed by atoms with E-state index in [0.29, 0.717) is 6.42 Å². The van der Waals surface area contributed by atoms with Crippen LogP contribution in [0.3, 0.4) is 0 Å². The SMILES string of the molecule is CCCCCCCCCC=CCCCCCCC(C)C(=O)OC(C)(C)C(O)(CC(C)C)N(C)C. The minimum Gasteiger partial charge on any atom is -0.455 e. The number of carbonyl (C=O) groups excluding carboxylic acids is 1. The molecular weight excluding hydrogens is 422 g/mol. The van der Waals surface area contributed by atoms with E-state index < -0.39 is 11.3 Å². The summed E-state index contributed by atoms with van der Waals surface area (Å²) >= 11 is 0. The average Bonchev–Trinajstić information content (AvgIpc) is 2.75. The molecule has 4 heteroatoms. The zero-order valence-corrected chi connectivity index (χ0v) is 24.1. The second-order valence-electron chi connectivity index (χ2n) is 11.5. The highest BCUT2D eigenvalue weighted by atomic mass is 16.6. The maximum Gasteiger partial charge on any atom is 0.309 e. The van der Waals surface area contributed by atoms with Crippen LogP contribution in [0.5, 0.6) is 0 Å². The minimum atomic E-state index is -1.20. The molecule has 202 valence electrons. The van der Waals surface area contributed by atoms with Crippen LogP contribution in [0, 0.1) is 11.8 Å². The van der Waals surface area contributed by atoms with Crippen LogP contribution in [-0.2, 0) is 9.53 Å². The zero-order valence-electron chi connectivity index (χ0n) is 24.1. The van der Waals surface area contributed by atoms with Gasteiger partial charge in [-0.15, -0.1) is 0 Å². The van der Waals surface area contributed by atoms with Crippen molar-refractivity contribution >= 4 is 5.97 Å². The van der Waals surface area contributed by atoms with Crippen molar-refractivity contribution in [2.75, 3.05) is 14.1 Å². The first-order valence-corrected chi connectivity index (χ1v) is 14.3. The number of hydrogen-bond acceptors (Lipinski definition) is 4. The van der Waals surface area contributed by atoms with Crippen LogP contribution in [0.4, 0.5) is 0 Å². The summed E-state index contributed by atoms with van der Waals surface area (Å²) in [6.45, 7) is 12.0. The van der Waals surface area contributed by atoms with Gasteiger partial charge in [0, 0.05) is 0 Å². The number of carbonyl (C=O) groups is 1. The smallest absolute Gasteiger partial charge is 0.309 e. The lowest BCUT2D eigenvalue weighted by Gasteiger charge is -2.47. The Kier molecular flexibility index (Phi) is 17.9. The molecule has 2 unspecified atom stereocenters. The van der Waals surface area contributed by atoms with Crippen molar-refractivity contribution in [1.29, 1.82) is 0 Å². The molecular formula is C30H59NO3. The number of aliphatic hydroxyl groups is 1. The van der Waals surface area contributed by atoms with E-state index in [-0.39, 0.29) is 17.8 Å². The molecule has 0 aromatic rings. The van der Waals surface area contributed by atoms with Crippen molar-refractivity contribution in [1.82, 2.24) is 4.90 Å². The quantitative estimate of drug-likeness (QED) is 0.0775. The first-order chi connectivity index (χ1) is 16.0. The van der Waals surface area contributed by atoms with Crippen molar-refractivity contribution in [3.8, 4) is 0 Å². The summed E-state index contributed by atoms with van der Waals surface area (Å²) < 4.78 is 5.86. The third-order valence-corrected chi connectivity index (χ3v) is 7.05. The summed E-state index contributed by atoms with van der Waals surface area (Å²) in [6.07, 6.45) is 22.8. The van der Waals surface area contributed by atoms with Crippen LogP contribution in [0.15, 0.2) is 12.2 Å². The second kappa shape index (κ2) is 18.4. The normalized spacial score (nSPS) is 15.3. The summed E-state index contributed by atoms with van der Waals surface area (Å²) in [6, 6.07) is 0. The maximum absolute atomic E-state index is 12.7. The minimum absolute atomic E-state index is 0.147. The summed E-state index contributed by atoms with van der Waals surface area (Å²) in [4.78, 5) is 14.5. The van der Waals surface area contributed by atoms with Gasteiger partial charge in [0.15, 0.2) is 5.72 Å². The van der Waals surface area contributed by atoms with E-state index in [1.807, 2.05) is 34.9 Å². The second-order valence-corrected chi connectivity index (χ2v) is 11.5. The van der Waals surface area contributed by atoms with Gasteiger partial charge in [-0.1, -0.05) is 97.6 Å². The first-order valence-electron chi connectivity index (χ1n) is 14.3. The number of hydrogen-bond donors (Lipinski definition) is 1. The third kappa shape index (κ3) is 13.9.